The third-order valence-corrected chi connectivity index (χ3v) is 5.06. The van der Waals surface area contributed by atoms with Gasteiger partial charge in [0.1, 0.15) is 11.3 Å². The molecule has 31 heavy (non-hydrogen) atoms. The maximum atomic E-state index is 12.2. The van der Waals surface area contributed by atoms with E-state index in [4.69, 9.17) is 4.74 Å². The Morgan fingerprint density at radius 3 is 2.13 bits per heavy atom. The van der Waals surface area contributed by atoms with Gasteiger partial charge in [-0.25, -0.2) is 4.98 Å². The first kappa shape index (κ1) is 22.7. The first-order chi connectivity index (χ1) is 14.3. The van der Waals surface area contributed by atoms with Gasteiger partial charge < -0.3 is 9.72 Å². The molecular weight excluding hydrogens is 390 g/mol. The van der Waals surface area contributed by atoms with E-state index in [-0.39, 0.29) is 28.6 Å². The van der Waals surface area contributed by atoms with Crippen molar-refractivity contribution >= 4 is 23.0 Å². The zero-order valence-corrected chi connectivity index (χ0v) is 20.0. The molecule has 166 valence electrons. The van der Waals surface area contributed by atoms with Crippen molar-refractivity contribution in [2.24, 2.45) is 5.92 Å². The van der Waals surface area contributed by atoms with Gasteiger partial charge in [-0.1, -0.05) is 73.1 Å². The van der Waals surface area contributed by atoms with E-state index < -0.39 is 0 Å². The summed E-state index contributed by atoms with van der Waals surface area (Å²) in [5, 5.41) is 2.75. The SMILES string of the molecule is Cc1cc(C(C)(C)C)c(Oc2nc(NC(=O)C(C)C)nc3nc[nH]c23)c(C(C)(C)C)c1. The molecule has 3 aromatic rings. The van der Waals surface area contributed by atoms with Crippen molar-refractivity contribution in [3.63, 3.8) is 0 Å². The number of aromatic nitrogens is 4. The summed E-state index contributed by atoms with van der Waals surface area (Å²) in [5.74, 6) is 0.930. The van der Waals surface area contributed by atoms with Gasteiger partial charge in [0.25, 0.3) is 5.88 Å². The van der Waals surface area contributed by atoms with Crippen molar-refractivity contribution in [3.05, 3.63) is 35.2 Å². The van der Waals surface area contributed by atoms with E-state index in [2.05, 4.69) is 85.9 Å². The van der Waals surface area contributed by atoms with Gasteiger partial charge >= 0.3 is 0 Å². The molecule has 0 fully saturated rings. The minimum Gasteiger partial charge on any atom is -0.436 e. The number of rotatable bonds is 4. The summed E-state index contributed by atoms with van der Waals surface area (Å²) in [5.41, 5.74) is 4.11. The molecular formula is C24H33N5O2. The molecule has 0 aliphatic carbocycles. The highest BCUT2D eigenvalue weighted by Crippen LogP contribution is 2.43. The number of fused-ring (bicyclic) bond motifs is 1. The number of nitrogens with zero attached hydrogens (tertiary/aromatic N) is 3. The number of H-pyrrole nitrogens is 1. The van der Waals surface area contributed by atoms with Crippen LogP contribution < -0.4 is 10.1 Å². The molecule has 0 aliphatic heterocycles. The number of benzene rings is 1. The molecule has 0 atom stereocenters. The number of anilines is 1. The number of imidazole rings is 1. The van der Waals surface area contributed by atoms with Crippen LogP contribution in [0, 0.1) is 12.8 Å². The molecule has 0 aliphatic rings. The number of aryl methyl sites for hydroxylation is 1. The van der Waals surface area contributed by atoms with Crippen LogP contribution >= 0.6 is 0 Å². The highest BCUT2D eigenvalue weighted by Gasteiger charge is 2.29. The summed E-state index contributed by atoms with van der Waals surface area (Å²) >= 11 is 0. The third kappa shape index (κ3) is 4.86. The van der Waals surface area contributed by atoms with E-state index in [9.17, 15) is 4.79 Å². The molecule has 7 nitrogen and oxygen atoms in total. The first-order valence-electron chi connectivity index (χ1n) is 10.6. The average Bonchev–Trinajstić information content (AvgIpc) is 3.09. The van der Waals surface area contributed by atoms with Gasteiger partial charge in [-0.2, -0.15) is 9.97 Å². The van der Waals surface area contributed by atoms with Crippen molar-refractivity contribution in [3.8, 4) is 11.6 Å². The van der Waals surface area contributed by atoms with Gasteiger partial charge in [-0.05, 0) is 17.8 Å². The Morgan fingerprint density at radius 1 is 1.03 bits per heavy atom. The molecule has 2 N–H and O–H groups in total. The highest BCUT2D eigenvalue weighted by molar-refractivity contribution is 5.91. The third-order valence-electron chi connectivity index (χ3n) is 5.06. The second-order valence-electron chi connectivity index (χ2n) is 10.4. The Morgan fingerprint density at radius 2 is 1.61 bits per heavy atom. The molecule has 1 aromatic carbocycles. The molecule has 1 amide bonds. The molecule has 2 heterocycles. The zero-order valence-electron chi connectivity index (χ0n) is 20.0. The lowest BCUT2D eigenvalue weighted by Gasteiger charge is -2.30. The fraction of sp³-hybridized carbons (Fsp3) is 0.500. The number of nitrogens with one attached hydrogen (secondary N) is 2. The van der Waals surface area contributed by atoms with Crippen molar-refractivity contribution in [2.75, 3.05) is 5.32 Å². The predicted octanol–water partition coefficient (Wildman–Crippen LogP) is 5.64. The molecule has 3 rings (SSSR count). The predicted molar refractivity (Wildman–Crippen MR) is 124 cm³/mol. The Hall–Kier alpha value is -2.96. The van der Waals surface area contributed by atoms with E-state index in [1.165, 1.54) is 5.56 Å². The summed E-state index contributed by atoms with van der Waals surface area (Å²) in [6.45, 7) is 18.7. The van der Waals surface area contributed by atoms with Crippen LogP contribution in [0.15, 0.2) is 18.5 Å². The zero-order chi connectivity index (χ0) is 23.1. The summed E-state index contributed by atoms with van der Waals surface area (Å²) in [6.07, 6.45) is 1.55. The number of aromatic amines is 1. The van der Waals surface area contributed by atoms with Crippen LogP contribution in [-0.2, 0) is 15.6 Å². The van der Waals surface area contributed by atoms with Gasteiger partial charge in [0.2, 0.25) is 11.9 Å². The fourth-order valence-corrected chi connectivity index (χ4v) is 3.28. The van der Waals surface area contributed by atoms with Crippen LogP contribution in [0.4, 0.5) is 5.95 Å². The van der Waals surface area contributed by atoms with Crippen LogP contribution in [-0.4, -0.2) is 25.8 Å². The maximum Gasteiger partial charge on any atom is 0.250 e. The van der Waals surface area contributed by atoms with Crippen molar-refractivity contribution in [1.82, 2.24) is 19.9 Å². The highest BCUT2D eigenvalue weighted by atomic mass is 16.5. The molecule has 0 saturated heterocycles. The Balaban J connectivity index is 2.20. The lowest BCUT2D eigenvalue weighted by molar-refractivity contribution is -0.118. The minimum absolute atomic E-state index is 0.143. The van der Waals surface area contributed by atoms with E-state index in [0.717, 1.165) is 16.9 Å². The van der Waals surface area contributed by atoms with Gasteiger partial charge in [0.05, 0.1) is 6.33 Å². The quantitative estimate of drug-likeness (QED) is 0.566. The van der Waals surface area contributed by atoms with Gasteiger partial charge in [0, 0.05) is 17.0 Å². The Bertz CT molecular complexity index is 1080. The molecule has 0 unspecified atom stereocenters. The smallest absolute Gasteiger partial charge is 0.250 e. The fourth-order valence-electron chi connectivity index (χ4n) is 3.28. The molecule has 0 bridgehead atoms. The summed E-state index contributed by atoms with van der Waals surface area (Å²) in [4.78, 5) is 28.4. The molecule has 0 radical (unpaired) electrons. The number of amides is 1. The molecule has 0 spiro atoms. The second-order valence-corrected chi connectivity index (χ2v) is 10.4. The van der Waals surface area contributed by atoms with Crippen LogP contribution in [0.25, 0.3) is 11.2 Å². The van der Waals surface area contributed by atoms with E-state index in [1.807, 2.05) is 13.8 Å². The number of carbonyl (C=O) groups is 1. The van der Waals surface area contributed by atoms with Crippen molar-refractivity contribution < 1.29 is 9.53 Å². The average molecular weight is 424 g/mol. The van der Waals surface area contributed by atoms with Gasteiger partial charge in [-0.15, -0.1) is 0 Å². The lowest BCUT2D eigenvalue weighted by atomic mass is 9.78. The monoisotopic (exact) mass is 423 g/mol. The van der Waals surface area contributed by atoms with Crippen LogP contribution in [0.1, 0.15) is 72.1 Å². The second kappa shape index (κ2) is 7.94. The first-order valence-corrected chi connectivity index (χ1v) is 10.6. The van der Waals surface area contributed by atoms with Gasteiger partial charge in [-0.3, -0.25) is 10.1 Å². The van der Waals surface area contributed by atoms with E-state index in [0.29, 0.717) is 17.0 Å². The van der Waals surface area contributed by atoms with Gasteiger partial charge in [0.15, 0.2) is 5.65 Å². The number of hydrogen-bond acceptors (Lipinski definition) is 5. The number of ether oxygens (including phenoxy) is 1. The largest absolute Gasteiger partial charge is 0.436 e. The van der Waals surface area contributed by atoms with Crippen LogP contribution in [0.2, 0.25) is 0 Å². The van der Waals surface area contributed by atoms with Crippen LogP contribution in [0.5, 0.6) is 11.6 Å². The normalized spacial score (nSPS) is 12.5. The van der Waals surface area contributed by atoms with E-state index in [1.54, 1.807) is 6.33 Å². The Labute approximate surface area is 184 Å². The van der Waals surface area contributed by atoms with Crippen molar-refractivity contribution in [2.45, 2.75) is 73.1 Å². The molecule has 2 aromatic heterocycles. The van der Waals surface area contributed by atoms with Crippen molar-refractivity contribution in [1.29, 1.82) is 0 Å². The lowest BCUT2D eigenvalue weighted by Crippen LogP contribution is -2.20. The topological polar surface area (TPSA) is 92.8 Å². The summed E-state index contributed by atoms with van der Waals surface area (Å²) in [7, 11) is 0. The standard InChI is InChI=1S/C24H33N5O2/c1-13(2)20(30)28-22-27-19-17(25-12-26-19)21(29-22)31-18-15(23(4,5)6)10-14(3)11-16(18)24(7,8)9/h10-13H,1-9H3,(H2,25,26,27,28,29,30). The summed E-state index contributed by atoms with van der Waals surface area (Å²) in [6, 6.07) is 4.33. The van der Waals surface area contributed by atoms with E-state index >= 15 is 0 Å². The minimum atomic E-state index is -0.195. The molecule has 7 heteroatoms. The molecule has 0 saturated carbocycles. The summed E-state index contributed by atoms with van der Waals surface area (Å²) < 4.78 is 6.53. The number of hydrogen-bond donors (Lipinski definition) is 2. The van der Waals surface area contributed by atoms with Crippen LogP contribution in [0.3, 0.4) is 0 Å². The number of carbonyl (C=O) groups excluding carboxylic acids is 1. The maximum absolute atomic E-state index is 12.2. The Kier molecular flexibility index (Phi) is 5.82.